The number of nitrogens with zero attached hydrogens (tertiary/aromatic N) is 1. The van der Waals surface area contributed by atoms with Crippen molar-refractivity contribution in [3.8, 4) is 0 Å². The zero-order chi connectivity index (χ0) is 13.5. The summed E-state index contributed by atoms with van der Waals surface area (Å²) >= 11 is 5.90. The van der Waals surface area contributed by atoms with E-state index in [2.05, 4.69) is 37.9 Å². The minimum absolute atomic E-state index is 0.454. The molecule has 2 N–H and O–H groups in total. The summed E-state index contributed by atoms with van der Waals surface area (Å²) in [5.74, 6) is 0.673. The molecule has 1 aromatic carbocycles. The third kappa shape index (κ3) is 4.27. The summed E-state index contributed by atoms with van der Waals surface area (Å²) in [4.78, 5) is 2.36. The number of halogens is 1. The molecule has 1 rings (SSSR count). The van der Waals surface area contributed by atoms with Crippen LogP contribution in [-0.4, -0.2) is 24.5 Å². The van der Waals surface area contributed by atoms with Gasteiger partial charge >= 0.3 is 0 Å². The van der Waals surface area contributed by atoms with Gasteiger partial charge in [-0.25, -0.2) is 0 Å². The lowest BCUT2D eigenvalue weighted by atomic mass is 9.93. The predicted octanol–water partition coefficient (Wildman–Crippen LogP) is 3.54. The fraction of sp³-hybridized carbons (Fsp3) is 0.600. The van der Waals surface area contributed by atoms with Crippen LogP contribution in [0.15, 0.2) is 24.3 Å². The smallest absolute Gasteiger partial charge is 0.0406 e. The summed E-state index contributed by atoms with van der Waals surface area (Å²) in [6.45, 7) is 6.13. The average molecular weight is 269 g/mol. The Kier molecular flexibility index (Phi) is 6.69. The summed E-state index contributed by atoms with van der Waals surface area (Å²) in [6.07, 6.45) is 2.37. The van der Waals surface area contributed by atoms with Gasteiger partial charge in [-0.15, -0.1) is 0 Å². The molecule has 0 aliphatic heterocycles. The van der Waals surface area contributed by atoms with E-state index in [1.54, 1.807) is 0 Å². The lowest BCUT2D eigenvalue weighted by Crippen LogP contribution is -2.42. The zero-order valence-electron chi connectivity index (χ0n) is 11.7. The number of benzene rings is 1. The highest BCUT2D eigenvalue weighted by Crippen LogP contribution is 2.19. The molecule has 102 valence electrons. The molecule has 0 fully saturated rings. The molecule has 0 aliphatic carbocycles. The van der Waals surface area contributed by atoms with Crippen molar-refractivity contribution >= 4 is 11.6 Å². The molecule has 1 aromatic rings. The Labute approximate surface area is 116 Å². The van der Waals surface area contributed by atoms with Crippen LogP contribution >= 0.6 is 11.6 Å². The maximum atomic E-state index is 5.94. The Hall–Kier alpha value is -0.570. The van der Waals surface area contributed by atoms with Crippen LogP contribution in [0.2, 0.25) is 5.02 Å². The van der Waals surface area contributed by atoms with Gasteiger partial charge < -0.3 is 5.73 Å². The monoisotopic (exact) mass is 268 g/mol. The van der Waals surface area contributed by atoms with E-state index in [0.29, 0.717) is 12.0 Å². The van der Waals surface area contributed by atoms with Gasteiger partial charge in [0.15, 0.2) is 0 Å². The number of hydrogen-bond donors (Lipinski definition) is 1. The molecule has 0 saturated carbocycles. The molecule has 0 spiro atoms. The Morgan fingerprint density at radius 2 is 1.72 bits per heavy atom. The maximum absolute atomic E-state index is 5.94. The van der Waals surface area contributed by atoms with E-state index in [1.807, 2.05) is 12.1 Å². The molecule has 0 saturated heterocycles. The minimum Gasteiger partial charge on any atom is -0.329 e. The van der Waals surface area contributed by atoms with Crippen LogP contribution in [0.3, 0.4) is 0 Å². The molecular weight excluding hydrogens is 244 g/mol. The first-order valence-electron chi connectivity index (χ1n) is 6.77. The second-order valence-electron chi connectivity index (χ2n) is 4.92. The number of rotatable bonds is 7. The van der Waals surface area contributed by atoms with Crippen LogP contribution in [-0.2, 0) is 6.54 Å². The molecule has 1 unspecified atom stereocenters. The van der Waals surface area contributed by atoms with Gasteiger partial charge in [0.05, 0.1) is 0 Å². The fourth-order valence-corrected chi connectivity index (χ4v) is 2.69. The largest absolute Gasteiger partial charge is 0.329 e. The van der Waals surface area contributed by atoms with Crippen molar-refractivity contribution in [1.82, 2.24) is 4.90 Å². The van der Waals surface area contributed by atoms with Gasteiger partial charge in [0.1, 0.15) is 0 Å². The van der Waals surface area contributed by atoms with Crippen LogP contribution in [0.5, 0.6) is 0 Å². The average Bonchev–Trinajstić information content (AvgIpc) is 2.38. The first kappa shape index (κ1) is 15.5. The summed E-state index contributed by atoms with van der Waals surface area (Å²) in [5, 5.41) is 0.789. The Balaban J connectivity index is 2.67. The Morgan fingerprint density at radius 3 is 2.17 bits per heavy atom. The van der Waals surface area contributed by atoms with Crippen LogP contribution in [0.25, 0.3) is 0 Å². The molecular formula is C15H25ClN2. The van der Waals surface area contributed by atoms with Crippen molar-refractivity contribution in [2.75, 3.05) is 13.6 Å². The van der Waals surface area contributed by atoms with Crippen molar-refractivity contribution in [2.45, 2.75) is 39.3 Å². The van der Waals surface area contributed by atoms with Crippen molar-refractivity contribution < 1.29 is 0 Å². The molecule has 2 nitrogen and oxygen atoms in total. The third-order valence-corrected chi connectivity index (χ3v) is 4.00. The quantitative estimate of drug-likeness (QED) is 0.820. The van der Waals surface area contributed by atoms with Crippen LogP contribution in [0.1, 0.15) is 32.3 Å². The first-order chi connectivity index (χ1) is 8.62. The van der Waals surface area contributed by atoms with E-state index >= 15 is 0 Å². The van der Waals surface area contributed by atoms with Gasteiger partial charge in [-0.1, -0.05) is 50.4 Å². The van der Waals surface area contributed by atoms with Gasteiger partial charge in [-0.2, -0.15) is 0 Å². The summed E-state index contributed by atoms with van der Waals surface area (Å²) < 4.78 is 0. The van der Waals surface area contributed by atoms with E-state index < -0.39 is 0 Å². The minimum atomic E-state index is 0.454. The van der Waals surface area contributed by atoms with E-state index in [0.717, 1.165) is 18.1 Å². The molecule has 18 heavy (non-hydrogen) atoms. The van der Waals surface area contributed by atoms with Gasteiger partial charge in [0.25, 0.3) is 0 Å². The maximum Gasteiger partial charge on any atom is 0.0406 e. The van der Waals surface area contributed by atoms with Crippen molar-refractivity contribution in [3.05, 3.63) is 34.9 Å². The second kappa shape index (κ2) is 7.78. The highest BCUT2D eigenvalue weighted by molar-refractivity contribution is 6.30. The van der Waals surface area contributed by atoms with Gasteiger partial charge in [-0.3, -0.25) is 4.90 Å². The molecule has 1 atom stereocenters. The van der Waals surface area contributed by atoms with Crippen molar-refractivity contribution in [1.29, 1.82) is 0 Å². The lowest BCUT2D eigenvalue weighted by molar-refractivity contribution is 0.165. The zero-order valence-corrected chi connectivity index (χ0v) is 12.5. The number of likely N-dealkylation sites (N-methyl/N-ethyl adjacent to an activating group) is 1. The predicted molar refractivity (Wildman–Crippen MR) is 79.8 cm³/mol. The fourth-order valence-electron chi connectivity index (χ4n) is 2.56. The molecule has 0 heterocycles. The Morgan fingerprint density at radius 1 is 1.17 bits per heavy atom. The second-order valence-corrected chi connectivity index (χ2v) is 5.36. The van der Waals surface area contributed by atoms with E-state index in [-0.39, 0.29) is 0 Å². The van der Waals surface area contributed by atoms with E-state index in [1.165, 1.54) is 18.4 Å². The summed E-state index contributed by atoms with van der Waals surface area (Å²) in [6, 6.07) is 8.51. The molecule has 0 aromatic heterocycles. The normalized spacial score (nSPS) is 13.3. The number of hydrogen-bond acceptors (Lipinski definition) is 2. The van der Waals surface area contributed by atoms with Gasteiger partial charge in [0.2, 0.25) is 0 Å². The highest BCUT2D eigenvalue weighted by atomic mass is 35.5. The topological polar surface area (TPSA) is 29.3 Å². The molecule has 0 amide bonds. The van der Waals surface area contributed by atoms with Crippen LogP contribution in [0, 0.1) is 5.92 Å². The van der Waals surface area contributed by atoms with Crippen LogP contribution in [0.4, 0.5) is 0 Å². The highest BCUT2D eigenvalue weighted by Gasteiger charge is 2.21. The third-order valence-electron chi connectivity index (χ3n) is 3.75. The first-order valence-corrected chi connectivity index (χ1v) is 7.14. The molecule has 0 radical (unpaired) electrons. The van der Waals surface area contributed by atoms with Gasteiger partial charge in [-0.05, 0) is 30.7 Å². The summed E-state index contributed by atoms with van der Waals surface area (Å²) in [7, 11) is 2.16. The molecule has 0 aliphatic rings. The molecule has 3 heteroatoms. The van der Waals surface area contributed by atoms with Gasteiger partial charge in [0, 0.05) is 24.2 Å². The van der Waals surface area contributed by atoms with Crippen molar-refractivity contribution in [2.24, 2.45) is 11.7 Å². The van der Waals surface area contributed by atoms with E-state index in [9.17, 15) is 0 Å². The van der Waals surface area contributed by atoms with Crippen molar-refractivity contribution in [3.63, 3.8) is 0 Å². The lowest BCUT2D eigenvalue weighted by Gasteiger charge is -2.33. The summed E-state index contributed by atoms with van der Waals surface area (Å²) in [5.41, 5.74) is 7.22. The SMILES string of the molecule is CCC(CC)C(CN)N(C)Cc1ccc(Cl)cc1. The van der Waals surface area contributed by atoms with Crippen LogP contribution < -0.4 is 5.73 Å². The van der Waals surface area contributed by atoms with E-state index in [4.69, 9.17) is 17.3 Å². The molecule has 0 bridgehead atoms. The number of nitrogens with two attached hydrogens (primary N) is 1. The standard InChI is InChI=1S/C15H25ClN2/c1-4-13(5-2)15(10-17)18(3)11-12-6-8-14(16)9-7-12/h6-9,13,15H,4-5,10-11,17H2,1-3H3. The Bertz CT molecular complexity index is 333.